The first-order valence-electron chi connectivity index (χ1n) is 4.78. The summed E-state index contributed by atoms with van der Waals surface area (Å²) in [4.78, 5) is 10.4. The molecule has 0 aliphatic heterocycles. The van der Waals surface area contributed by atoms with Crippen molar-refractivity contribution < 1.29 is 19.7 Å². The van der Waals surface area contributed by atoms with Crippen molar-refractivity contribution >= 4 is 17.6 Å². The maximum Gasteiger partial charge on any atom is 0.303 e. The predicted molar refractivity (Wildman–Crippen MR) is 59.8 cm³/mol. The van der Waals surface area contributed by atoms with E-state index in [2.05, 4.69) is 0 Å². The fraction of sp³-hybridized carbons (Fsp3) is 0.364. The van der Waals surface area contributed by atoms with Gasteiger partial charge in [0.2, 0.25) is 0 Å². The van der Waals surface area contributed by atoms with Gasteiger partial charge in [-0.2, -0.15) is 0 Å². The van der Waals surface area contributed by atoms with Crippen LogP contribution >= 0.6 is 11.6 Å². The summed E-state index contributed by atoms with van der Waals surface area (Å²) in [6, 6.07) is 5.00. The number of carboxylic acids is 1. The van der Waals surface area contributed by atoms with E-state index in [-0.39, 0.29) is 12.8 Å². The summed E-state index contributed by atoms with van der Waals surface area (Å²) in [7, 11) is 1.47. The van der Waals surface area contributed by atoms with Crippen LogP contribution in [-0.4, -0.2) is 23.3 Å². The Morgan fingerprint density at radius 3 is 2.81 bits per heavy atom. The molecule has 0 aromatic heterocycles. The number of hydrogen-bond acceptors (Lipinski definition) is 3. The first kappa shape index (κ1) is 12.8. The van der Waals surface area contributed by atoms with Crippen LogP contribution in [0.2, 0.25) is 5.02 Å². The van der Waals surface area contributed by atoms with Crippen LogP contribution in [0.4, 0.5) is 0 Å². The first-order chi connectivity index (χ1) is 7.56. The number of hydrogen-bond donors (Lipinski definition) is 2. The minimum atomic E-state index is -0.954. The van der Waals surface area contributed by atoms with Gasteiger partial charge in [-0.05, 0) is 18.6 Å². The number of carbonyl (C=O) groups is 1. The van der Waals surface area contributed by atoms with Gasteiger partial charge < -0.3 is 14.9 Å². The molecule has 4 nitrogen and oxygen atoms in total. The lowest BCUT2D eigenvalue weighted by Gasteiger charge is -2.15. The van der Waals surface area contributed by atoms with Crippen molar-refractivity contribution in [3.05, 3.63) is 28.8 Å². The number of carboxylic acid groups (broad SMARTS) is 1. The molecule has 0 saturated heterocycles. The molecule has 1 rings (SSSR count). The van der Waals surface area contributed by atoms with Crippen LogP contribution in [0.25, 0.3) is 0 Å². The minimum absolute atomic E-state index is 0.107. The molecule has 0 spiro atoms. The number of rotatable bonds is 5. The number of benzene rings is 1. The van der Waals surface area contributed by atoms with Crippen molar-refractivity contribution in [2.75, 3.05) is 7.11 Å². The third-order valence-electron chi connectivity index (χ3n) is 2.20. The molecule has 1 atom stereocenters. The predicted octanol–water partition coefficient (Wildman–Crippen LogP) is 2.25. The molecule has 1 aromatic carbocycles. The van der Waals surface area contributed by atoms with E-state index < -0.39 is 12.1 Å². The summed E-state index contributed by atoms with van der Waals surface area (Å²) in [5.41, 5.74) is 0.438. The van der Waals surface area contributed by atoms with Crippen LogP contribution in [0.3, 0.4) is 0 Å². The van der Waals surface area contributed by atoms with Gasteiger partial charge in [-0.25, -0.2) is 0 Å². The van der Waals surface area contributed by atoms with E-state index in [0.717, 1.165) is 0 Å². The SMILES string of the molecule is COc1cccc(Cl)c1C(O)CCC(=O)O. The van der Waals surface area contributed by atoms with Crippen LogP contribution in [0, 0.1) is 0 Å². The molecule has 1 aromatic rings. The number of aliphatic hydroxyl groups is 1. The Bertz CT molecular complexity index is 378. The third kappa shape index (κ3) is 3.12. The Morgan fingerprint density at radius 2 is 2.25 bits per heavy atom. The van der Waals surface area contributed by atoms with Crippen molar-refractivity contribution in [3.63, 3.8) is 0 Å². The Kier molecular flexibility index (Phi) is 4.58. The zero-order chi connectivity index (χ0) is 12.1. The Morgan fingerprint density at radius 1 is 1.56 bits per heavy atom. The van der Waals surface area contributed by atoms with E-state index in [1.54, 1.807) is 18.2 Å². The molecule has 0 radical (unpaired) electrons. The van der Waals surface area contributed by atoms with Crippen LogP contribution in [-0.2, 0) is 4.79 Å². The Balaban J connectivity index is 2.88. The average molecular weight is 245 g/mol. The highest BCUT2D eigenvalue weighted by Crippen LogP contribution is 2.34. The summed E-state index contributed by atoms with van der Waals surface area (Å²) in [6.45, 7) is 0. The van der Waals surface area contributed by atoms with E-state index >= 15 is 0 Å². The van der Waals surface area contributed by atoms with Gasteiger partial charge in [0, 0.05) is 12.0 Å². The molecular formula is C11H13ClO4. The lowest BCUT2D eigenvalue weighted by atomic mass is 10.0. The Labute approximate surface area is 98.4 Å². The molecule has 0 saturated carbocycles. The van der Waals surface area contributed by atoms with Gasteiger partial charge >= 0.3 is 5.97 Å². The van der Waals surface area contributed by atoms with Gasteiger partial charge in [-0.1, -0.05) is 17.7 Å². The van der Waals surface area contributed by atoms with Gasteiger partial charge in [-0.3, -0.25) is 4.79 Å². The molecule has 2 N–H and O–H groups in total. The molecule has 5 heteroatoms. The average Bonchev–Trinajstić information content (AvgIpc) is 2.25. The second-order valence-electron chi connectivity index (χ2n) is 3.30. The minimum Gasteiger partial charge on any atom is -0.496 e. The largest absolute Gasteiger partial charge is 0.496 e. The van der Waals surface area contributed by atoms with E-state index in [0.29, 0.717) is 16.3 Å². The number of halogens is 1. The number of aliphatic carboxylic acids is 1. The van der Waals surface area contributed by atoms with Crippen molar-refractivity contribution in [1.29, 1.82) is 0 Å². The fourth-order valence-electron chi connectivity index (χ4n) is 1.42. The second kappa shape index (κ2) is 5.72. The highest BCUT2D eigenvalue weighted by Gasteiger charge is 2.17. The molecule has 88 valence electrons. The normalized spacial score (nSPS) is 12.2. The summed E-state index contributed by atoms with van der Waals surface area (Å²) >= 11 is 5.93. The molecule has 0 bridgehead atoms. The summed E-state index contributed by atoms with van der Waals surface area (Å²) in [5, 5.41) is 18.7. The summed E-state index contributed by atoms with van der Waals surface area (Å²) in [5.74, 6) is -0.490. The summed E-state index contributed by atoms with van der Waals surface area (Å²) in [6.07, 6.45) is -0.940. The zero-order valence-corrected chi connectivity index (χ0v) is 9.57. The van der Waals surface area contributed by atoms with Crippen LogP contribution in [0.1, 0.15) is 24.5 Å². The van der Waals surface area contributed by atoms with E-state index in [4.69, 9.17) is 21.4 Å². The lowest BCUT2D eigenvalue weighted by molar-refractivity contribution is -0.137. The standard InChI is InChI=1S/C11H13ClO4/c1-16-9-4-2-3-7(12)11(9)8(13)5-6-10(14)15/h2-4,8,13H,5-6H2,1H3,(H,14,15). The molecular weight excluding hydrogens is 232 g/mol. The quantitative estimate of drug-likeness (QED) is 0.834. The van der Waals surface area contributed by atoms with Crippen LogP contribution in [0.15, 0.2) is 18.2 Å². The Hall–Kier alpha value is -1.26. The molecule has 0 heterocycles. The van der Waals surface area contributed by atoms with Crippen molar-refractivity contribution in [3.8, 4) is 5.75 Å². The molecule has 1 unspecified atom stereocenters. The third-order valence-corrected chi connectivity index (χ3v) is 2.53. The molecule has 0 aliphatic carbocycles. The summed E-state index contributed by atoms with van der Waals surface area (Å²) < 4.78 is 5.06. The van der Waals surface area contributed by atoms with Crippen molar-refractivity contribution in [2.24, 2.45) is 0 Å². The lowest BCUT2D eigenvalue weighted by Crippen LogP contribution is -2.05. The topological polar surface area (TPSA) is 66.8 Å². The van der Waals surface area contributed by atoms with E-state index in [1.807, 2.05) is 0 Å². The van der Waals surface area contributed by atoms with Gasteiger partial charge in [0.1, 0.15) is 5.75 Å². The van der Waals surface area contributed by atoms with Crippen LogP contribution in [0.5, 0.6) is 5.75 Å². The molecule has 0 aliphatic rings. The van der Waals surface area contributed by atoms with Crippen molar-refractivity contribution in [2.45, 2.75) is 18.9 Å². The monoisotopic (exact) mass is 244 g/mol. The zero-order valence-electron chi connectivity index (χ0n) is 8.81. The van der Waals surface area contributed by atoms with Crippen LogP contribution < -0.4 is 4.74 Å². The van der Waals surface area contributed by atoms with Gasteiger partial charge in [0.05, 0.1) is 18.2 Å². The highest BCUT2D eigenvalue weighted by molar-refractivity contribution is 6.31. The highest BCUT2D eigenvalue weighted by atomic mass is 35.5. The number of methoxy groups -OCH3 is 1. The molecule has 16 heavy (non-hydrogen) atoms. The number of aliphatic hydroxyl groups excluding tert-OH is 1. The molecule has 0 amide bonds. The first-order valence-corrected chi connectivity index (χ1v) is 5.16. The number of ether oxygens (including phenoxy) is 1. The second-order valence-corrected chi connectivity index (χ2v) is 3.71. The smallest absolute Gasteiger partial charge is 0.303 e. The fourth-order valence-corrected chi connectivity index (χ4v) is 1.71. The maximum atomic E-state index is 10.4. The van der Waals surface area contributed by atoms with Gasteiger partial charge in [0.25, 0.3) is 0 Å². The van der Waals surface area contributed by atoms with Crippen molar-refractivity contribution in [1.82, 2.24) is 0 Å². The van der Waals surface area contributed by atoms with E-state index in [1.165, 1.54) is 7.11 Å². The van der Waals surface area contributed by atoms with Gasteiger partial charge in [-0.15, -0.1) is 0 Å². The van der Waals surface area contributed by atoms with E-state index in [9.17, 15) is 9.90 Å². The maximum absolute atomic E-state index is 10.4. The molecule has 0 fully saturated rings. The van der Waals surface area contributed by atoms with Gasteiger partial charge in [0.15, 0.2) is 0 Å².